The summed E-state index contributed by atoms with van der Waals surface area (Å²) in [5.41, 5.74) is 0.193. The van der Waals surface area contributed by atoms with Crippen LogP contribution < -0.4 is 5.32 Å². The fourth-order valence-electron chi connectivity index (χ4n) is 2.90. The van der Waals surface area contributed by atoms with E-state index in [-0.39, 0.29) is 11.6 Å². The Hall–Kier alpha value is -3.49. The van der Waals surface area contributed by atoms with Crippen molar-refractivity contribution < 1.29 is 17.6 Å². The van der Waals surface area contributed by atoms with Gasteiger partial charge in [0.05, 0.1) is 6.04 Å². The van der Waals surface area contributed by atoms with E-state index < -0.39 is 23.7 Å². The molecule has 2 heterocycles. The summed E-state index contributed by atoms with van der Waals surface area (Å²) in [6, 6.07) is 15.1. The average molecular weight is 387 g/mol. The van der Waals surface area contributed by atoms with Gasteiger partial charge in [-0.3, -0.25) is 0 Å². The van der Waals surface area contributed by atoms with E-state index in [0.717, 1.165) is 18.0 Å². The molecule has 0 fully saturated rings. The lowest BCUT2D eigenvalue weighted by atomic mass is 9.98. The number of nitrogens with zero attached hydrogens (tertiary/aromatic N) is 4. The second kappa shape index (κ2) is 6.91. The predicted octanol–water partition coefficient (Wildman–Crippen LogP) is 4.48. The van der Waals surface area contributed by atoms with Crippen molar-refractivity contribution in [2.45, 2.75) is 12.2 Å². The first-order valence-electron chi connectivity index (χ1n) is 8.27. The molecule has 1 unspecified atom stereocenters. The van der Waals surface area contributed by atoms with Crippen molar-refractivity contribution in [2.75, 3.05) is 5.32 Å². The van der Waals surface area contributed by atoms with Crippen molar-refractivity contribution in [3.8, 4) is 0 Å². The maximum Gasteiger partial charge on any atom is 0.433 e. The Morgan fingerprint density at radius 3 is 2.39 bits per heavy atom. The molecular formula is C19H13F4N5. The van der Waals surface area contributed by atoms with Gasteiger partial charge in [0.1, 0.15) is 18.0 Å². The molecule has 0 aliphatic rings. The first-order valence-corrected chi connectivity index (χ1v) is 8.27. The molecule has 0 bridgehead atoms. The first-order chi connectivity index (χ1) is 13.4. The van der Waals surface area contributed by atoms with Gasteiger partial charge in [-0.25, -0.2) is 9.37 Å². The summed E-state index contributed by atoms with van der Waals surface area (Å²) in [6.07, 6.45) is -3.53. The van der Waals surface area contributed by atoms with Crippen LogP contribution in [-0.2, 0) is 6.18 Å². The third-order valence-corrected chi connectivity index (χ3v) is 4.15. The van der Waals surface area contributed by atoms with E-state index in [4.69, 9.17) is 0 Å². The van der Waals surface area contributed by atoms with Gasteiger partial charge < -0.3 is 5.32 Å². The SMILES string of the molecule is Fc1cccc(C(Nc2cc(C(F)(F)F)nc3ncnn23)c2ccccc2)c1. The van der Waals surface area contributed by atoms with Gasteiger partial charge in [-0.2, -0.15) is 27.8 Å². The number of anilines is 1. The normalized spacial score (nSPS) is 12.9. The van der Waals surface area contributed by atoms with E-state index in [1.165, 1.54) is 16.6 Å². The molecule has 4 aromatic rings. The smallest absolute Gasteiger partial charge is 0.359 e. The van der Waals surface area contributed by atoms with Gasteiger partial charge in [-0.05, 0) is 23.3 Å². The fourth-order valence-corrected chi connectivity index (χ4v) is 2.90. The zero-order valence-electron chi connectivity index (χ0n) is 14.2. The number of rotatable bonds is 4. The van der Waals surface area contributed by atoms with Crippen LogP contribution in [0.4, 0.5) is 23.4 Å². The molecule has 28 heavy (non-hydrogen) atoms. The molecule has 0 aliphatic carbocycles. The van der Waals surface area contributed by atoms with Crippen molar-refractivity contribution in [2.24, 2.45) is 0 Å². The van der Waals surface area contributed by atoms with Crippen LogP contribution in [0.15, 0.2) is 67.0 Å². The molecule has 0 amide bonds. The van der Waals surface area contributed by atoms with Gasteiger partial charge in [-0.1, -0.05) is 42.5 Å². The van der Waals surface area contributed by atoms with E-state index in [1.54, 1.807) is 36.4 Å². The van der Waals surface area contributed by atoms with Gasteiger partial charge in [0, 0.05) is 6.07 Å². The second-order valence-electron chi connectivity index (χ2n) is 6.04. The standard InChI is InChI=1S/C19H13F4N5/c20-14-8-4-7-13(9-14)17(12-5-2-1-3-6-12)27-16-10-15(19(21,22)23)26-18-24-11-25-28(16)18/h1-11,17,27H. The minimum atomic E-state index is -4.65. The largest absolute Gasteiger partial charge is 0.433 e. The highest BCUT2D eigenvalue weighted by molar-refractivity contribution is 5.50. The van der Waals surface area contributed by atoms with Crippen LogP contribution in [0.1, 0.15) is 22.9 Å². The van der Waals surface area contributed by atoms with Crippen molar-refractivity contribution >= 4 is 11.6 Å². The van der Waals surface area contributed by atoms with Crippen molar-refractivity contribution in [1.82, 2.24) is 19.6 Å². The van der Waals surface area contributed by atoms with Crippen LogP contribution in [-0.4, -0.2) is 19.6 Å². The number of fused-ring (bicyclic) bond motifs is 1. The van der Waals surface area contributed by atoms with Crippen molar-refractivity contribution in [1.29, 1.82) is 0 Å². The Morgan fingerprint density at radius 1 is 0.929 bits per heavy atom. The molecule has 0 saturated heterocycles. The highest BCUT2D eigenvalue weighted by atomic mass is 19.4. The average Bonchev–Trinajstić information content (AvgIpc) is 3.15. The number of benzene rings is 2. The number of hydrogen-bond acceptors (Lipinski definition) is 4. The fraction of sp³-hybridized carbons (Fsp3) is 0.105. The Kier molecular flexibility index (Phi) is 4.42. The maximum atomic E-state index is 13.8. The van der Waals surface area contributed by atoms with Gasteiger partial charge in [0.2, 0.25) is 0 Å². The highest BCUT2D eigenvalue weighted by Crippen LogP contribution is 2.32. The lowest BCUT2D eigenvalue weighted by Crippen LogP contribution is -2.18. The molecule has 1 N–H and O–H groups in total. The minimum Gasteiger partial charge on any atom is -0.359 e. The van der Waals surface area contributed by atoms with E-state index in [2.05, 4.69) is 20.4 Å². The molecule has 5 nitrogen and oxygen atoms in total. The Labute approximate surface area is 156 Å². The summed E-state index contributed by atoms with van der Waals surface area (Å²) in [5, 5.41) is 6.97. The minimum absolute atomic E-state index is 0.0351. The summed E-state index contributed by atoms with van der Waals surface area (Å²) < 4.78 is 54.7. The third kappa shape index (κ3) is 3.51. The van der Waals surface area contributed by atoms with Crippen LogP contribution in [0.25, 0.3) is 5.78 Å². The molecule has 0 aliphatic heterocycles. The summed E-state index contributed by atoms with van der Waals surface area (Å²) >= 11 is 0. The van der Waals surface area contributed by atoms with Crippen LogP contribution >= 0.6 is 0 Å². The zero-order chi connectivity index (χ0) is 19.7. The number of aromatic nitrogens is 4. The Bertz CT molecular complexity index is 1110. The van der Waals surface area contributed by atoms with Gasteiger partial charge >= 0.3 is 6.18 Å². The lowest BCUT2D eigenvalue weighted by Gasteiger charge is -2.22. The van der Waals surface area contributed by atoms with Gasteiger partial charge in [0.15, 0.2) is 5.69 Å². The van der Waals surface area contributed by atoms with E-state index in [9.17, 15) is 17.6 Å². The zero-order valence-corrected chi connectivity index (χ0v) is 14.2. The molecule has 0 radical (unpaired) electrons. The molecule has 9 heteroatoms. The molecule has 0 saturated carbocycles. The van der Waals surface area contributed by atoms with Gasteiger partial charge in [0.25, 0.3) is 5.78 Å². The van der Waals surface area contributed by atoms with Crippen LogP contribution in [0, 0.1) is 5.82 Å². The molecule has 2 aromatic heterocycles. The van der Waals surface area contributed by atoms with E-state index >= 15 is 0 Å². The first kappa shape index (κ1) is 17.9. The monoisotopic (exact) mass is 387 g/mol. The second-order valence-corrected chi connectivity index (χ2v) is 6.04. The summed E-state index contributed by atoms with van der Waals surface area (Å²) in [5.74, 6) is -0.604. The number of alkyl halides is 3. The van der Waals surface area contributed by atoms with E-state index in [0.29, 0.717) is 5.56 Å². The number of nitrogens with one attached hydrogen (secondary N) is 1. The Balaban J connectivity index is 1.84. The molecule has 142 valence electrons. The summed E-state index contributed by atoms with van der Waals surface area (Å²) in [7, 11) is 0. The highest BCUT2D eigenvalue weighted by Gasteiger charge is 2.34. The molecule has 4 rings (SSSR count). The number of halogens is 4. The maximum absolute atomic E-state index is 13.8. The third-order valence-electron chi connectivity index (χ3n) is 4.15. The van der Waals surface area contributed by atoms with Gasteiger partial charge in [-0.15, -0.1) is 0 Å². The van der Waals surface area contributed by atoms with Crippen LogP contribution in [0.2, 0.25) is 0 Å². The van der Waals surface area contributed by atoms with Crippen LogP contribution in [0.5, 0.6) is 0 Å². The number of hydrogen-bond donors (Lipinski definition) is 1. The quantitative estimate of drug-likeness (QED) is 0.525. The van der Waals surface area contributed by atoms with E-state index in [1.807, 2.05) is 6.07 Å². The van der Waals surface area contributed by atoms with Crippen LogP contribution in [0.3, 0.4) is 0 Å². The molecule has 0 spiro atoms. The summed E-state index contributed by atoms with van der Waals surface area (Å²) in [6.45, 7) is 0. The summed E-state index contributed by atoms with van der Waals surface area (Å²) in [4.78, 5) is 7.26. The lowest BCUT2D eigenvalue weighted by molar-refractivity contribution is -0.141. The molecule has 1 atom stereocenters. The Morgan fingerprint density at radius 2 is 1.68 bits per heavy atom. The molecule has 2 aromatic carbocycles. The topological polar surface area (TPSA) is 55.1 Å². The van der Waals surface area contributed by atoms with Crippen molar-refractivity contribution in [3.05, 3.63) is 89.6 Å². The predicted molar refractivity (Wildman–Crippen MR) is 94.1 cm³/mol. The van der Waals surface area contributed by atoms with Crippen molar-refractivity contribution in [3.63, 3.8) is 0 Å². The molecular weight excluding hydrogens is 374 g/mol.